The molecule has 0 aliphatic heterocycles. The van der Waals surface area contributed by atoms with E-state index in [-0.39, 0.29) is 12.6 Å². The molecule has 0 spiro atoms. The highest BCUT2D eigenvalue weighted by atomic mass is 35.5. The molecule has 2 aromatic rings. The van der Waals surface area contributed by atoms with E-state index < -0.39 is 0 Å². The van der Waals surface area contributed by atoms with Crippen molar-refractivity contribution in [1.82, 2.24) is 5.32 Å². The molecule has 2 N–H and O–H groups in total. The molecule has 1 aromatic carbocycles. The second-order valence-electron chi connectivity index (χ2n) is 4.83. The fourth-order valence-corrected chi connectivity index (χ4v) is 4.04. The summed E-state index contributed by atoms with van der Waals surface area (Å²) in [7, 11) is 0. The molecule has 0 saturated carbocycles. The van der Waals surface area contributed by atoms with Crippen LogP contribution in [-0.2, 0) is 6.42 Å². The Labute approximate surface area is 122 Å². The highest BCUT2D eigenvalue weighted by Gasteiger charge is 2.27. The summed E-state index contributed by atoms with van der Waals surface area (Å²) in [5.74, 6) is 0. The summed E-state index contributed by atoms with van der Waals surface area (Å²) in [4.78, 5) is 1.38. The van der Waals surface area contributed by atoms with Crippen molar-refractivity contribution < 1.29 is 5.11 Å². The largest absolute Gasteiger partial charge is 0.394 e. The molecule has 3 rings (SSSR count). The lowest BCUT2D eigenvalue weighted by molar-refractivity contribution is 0.233. The zero-order valence-electron chi connectivity index (χ0n) is 10.5. The van der Waals surface area contributed by atoms with Gasteiger partial charge in [-0.2, -0.15) is 0 Å². The van der Waals surface area contributed by atoms with Gasteiger partial charge in [0.25, 0.3) is 0 Å². The number of hydrogen-bond acceptors (Lipinski definition) is 3. The van der Waals surface area contributed by atoms with Crippen LogP contribution in [0.5, 0.6) is 0 Å². The van der Waals surface area contributed by atoms with Crippen LogP contribution in [0.4, 0.5) is 0 Å². The van der Waals surface area contributed by atoms with E-state index in [4.69, 9.17) is 11.6 Å². The average Bonchev–Trinajstić information content (AvgIpc) is 2.97. The van der Waals surface area contributed by atoms with Gasteiger partial charge in [0, 0.05) is 10.9 Å². The van der Waals surface area contributed by atoms with E-state index in [1.54, 1.807) is 11.3 Å². The standard InChI is InChI=1S/C15H16ClNOS/c16-15-8-11-12(6-7-14(11)19-15)17-13(9-18)10-4-2-1-3-5-10/h1-5,8,12-13,17-18H,6-7,9H2. The Morgan fingerprint density at radius 1 is 1.37 bits per heavy atom. The SMILES string of the molecule is OCC(NC1CCc2sc(Cl)cc21)c1ccccc1. The fourth-order valence-electron chi connectivity index (χ4n) is 2.69. The minimum Gasteiger partial charge on any atom is -0.394 e. The Bertz CT molecular complexity index is 555. The Morgan fingerprint density at radius 3 is 2.89 bits per heavy atom. The first-order chi connectivity index (χ1) is 9.28. The Balaban J connectivity index is 1.78. The summed E-state index contributed by atoms with van der Waals surface area (Å²) >= 11 is 7.75. The van der Waals surface area contributed by atoms with Gasteiger partial charge in [-0.15, -0.1) is 11.3 Å². The quantitative estimate of drug-likeness (QED) is 0.901. The van der Waals surface area contributed by atoms with Gasteiger partial charge in [-0.25, -0.2) is 0 Å². The van der Waals surface area contributed by atoms with E-state index in [9.17, 15) is 5.11 Å². The number of benzene rings is 1. The molecule has 1 aliphatic rings. The van der Waals surface area contributed by atoms with Crippen LogP contribution in [0.3, 0.4) is 0 Å². The van der Waals surface area contributed by atoms with Crippen molar-refractivity contribution in [2.75, 3.05) is 6.61 Å². The molecule has 0 fully saturated rings. The normalized spacial score (nSPS) is 19.4. The second-order valence-corrected chi connectivity index (χ2v) is 6.60. The second kappa shape index (κ2) is 5.63. The van der Waals surface area contributed by atoms with Gasteiger partial charge in [-0.1, -0.05) is 41.9 Å². The summed E-state index contributed by atoms with van der Waals surface area (Å²) in [6, 6.07) is 12.4. The first-order valence-electron chi connectivity index (χ1n) is 6.48. The summed E-state index contributed by atoms with van der Waals surface area (Å²) in [6.07, 6.45) is 2.17. The maximum Gasteiger partial charge on any atom is 0.0934 e. The molecule has 2 nitrogen and oxygen atoms in total. The van der Waals surface area contributed by atoms with E-state index in [0.717, 1.165) is 22.7 Å². The Morgan fingerprint density at radius 2 is 2.16 bits per heavy atom. The number of halogens is 1. The zero-order valence-corrected chi connectivity index (χ0v) is 12.0. The van der Waals surface area contributed by atoms with E-state index in [0.29, 0.717) is 6.04 Å². The van der Waals surface area contributed by atoms with Crippen LogP contribution in [0, 0.1) is 0 Å². The van der Waals surface area contributed by atoms with E-state index >= 15 is 0 Å². The number of thiophene rings is 1. The third-order valence-electron chi connectivity index (χ3n) is 3.63. The van der Waals surface area contributed by atoms with E-state index in [1.165, 1.54) is 10.4 Å². The Kier molecular flexibility index (Phi) is 3.89. The van der Waals surface area contributed by atoms with Crippen molar-refractivity contribution >= 4 is 22.9 Å². The predicted octanol–water partition coefficient (Wildman–Crippen LogP) is 3.71. The van der Waals surface area contributed by atoms with Crippen LogP contribution >= 0.6 is 22.9 Å². The molecule has 0 amide bonds. The third-order valence-corrected chi connectivity index (χ3v) is 4.97. The fraction of sp³-hybridized carbons (Fsp3) is 0.333. The first kappa shape index (κ1) is 13.1. The molecular formula is C15H16ClNOS. The number of aliphatic hydroxyl groups excluding tert-OH is 1. The minimum absolute atomic E-state index is 0.0178. The number of aliphatic hydroxyl groups is 1. The molecule has 1 aliphatic carbocycles. The number of fused-ring (bicyclic) bond motifs is 1. The molecule has 0 bridgehead atoms. The van der Waals surface area contributed by atoms with Crippen LogP contribution in [0.15, 0.2) is 36.4 Å². The summed E-state index contributed by atoms with van der Waals surface area (Å²) in [5.41, 5.74) is 2.43. The maximum absolute atomic E-state index is 9.61. The van der Waals surface area contributed by atoms with Crippen LogP contribution in [0.25, 0.3) is 0 Å². The van der Waals surface area contributed by atoms with Gasteiger partial charge < -0.3 is 10.4 Å². The molecule has 0 radical (unpaired) electrons. The lowest BCUT2D eigenvalue weighted by Crippen LogP contribution is -2.27. The van der Waals surface area contributed by atoms with Crippen molar-refractivity contribution in [2.45, 2.75) is 24.9 Å². The lowest BCUT2D eigenvalue weighted by atomic mass is 10.1. The first-order valence-corrected chi connectivity index (χ1v) is 7.67. The summed E-state index contributed by atoms with van der Waals surface area (Å²) in [5, 5.41) is 13.2. The van der Waals surface area contributed by atoms with Gasteiger partial charge in [0.15, 0.2) is 0 Å². The molecule has 0 saturated heterocycles. The molecule has 1 aromatic heterocycles. The van der Waals surface area contributed by atoms with Crippen LogP contribution < -0.4 is 5.32 Å². The van der Waals surface area contributed by atoms with Gasteiger partial charge in [-0.3, -0.25) is 0 Å². The van der Waals surface area contributed by atoms with Crippen LogP contribution in [0.1, 0.15) is 34.5 Å². The van der Waals surface area contributed by atoms with Gasteiger partial charge in [-0.05, 0) is 30.0 Å². The number of rotatable bonds is 4. The third kappa shape index (κ3) is 2.70. The van der Waals surface area contributed by atoms with Crippen molar-refractivity contribution in [3.05, 3.63) is 56.7 Å². The van der Waals surface area contributed by atoms with E-state index in [2.05, 4.69) is 11.4 Å². The zero-order chi connectivity index (χ0) is 13.2. The molecule has 2 unspecified atom stereocenters. The topological polar surface area (TPSA) is 32.3 Å². The molecule has 4 heteroatoms. The maximum atomic E-state index is 9.61. The van der Waals surface area contributed by atoms with Crippen LogP contribution in [0.2, 0.25) is 4.34 Å². The van der Waals surface area contributed by atoms with Crippen molar-refractivity contribution in [3.8, 4) is 0 Å². The number of aryl methyl sites for hydroxylation is 1. The monoisotopic (exact) mass is 293 g/mol. The minimum atomic E-state index is -0.0178. The lowest BCUT2D eigenvalue weighted by Gasteiger charge is -2.22. The Hall–Kier alpha value is -0.870. The van der Waals surface area contributed by atoms with Gasteiger partial charge in [0.05, 0.1) is 17.0 Å². The van der Waals surface area contributed by atoms with Crippen LogP contribution in [-0.4, -0.2) is 11.7 Å². The molecule has 100 valence electrons. The predicted molar refractivity (Wildman–Crippen MR) is 79.8 cm³/mol. The molecule has 1 heterocycles. The van der Waals surface area contributed by atoms with Gasteiger partial charge in [0.1, 0.15) is 0 Å². The van der Waals surface area contributed by atoms with Gasteiger partial charge in [0.2, 0.25) is 0 Å². The van der Waals surface area contributed by atoms with Gasteiger partial charge >= 0.3 is 0 Å². The molecule has 19 heavy (non-hydrogen) atoms. The van der Waals surface area contributed by atoms with E-state index in [1.807, 2.05) is 30.3 Å². The van der Waals surface area contributed by atoms with Crippen molar-refractivity contribution in [3.63, 3.8) is 0 Å². The van der Waals surface area contributed by atoms with Crippen molar-refractivity contribution in [2.24, 2.45) is 0 Å². The smallest absolute Gasteiger partial charge is 0.0934 e. The molecule has 2 atom stereocenters. The average molecular weight is 294 g/mol. The highest BCUT2D eigenvalue weighted by Crippen LogP contribution is 2.40. The highest BCUT2D eigenvalue weighted by molar-refractivity contribution is 7.16. The number of hydrogen-bond donors (Lipinski definition) is 2. The van der Waals surface area contributed by atoms with Crippen molar-refractivity contribution in [1.29, 1.82) is 0 Å². The number of nitrogens with one attached hydrogen (secondary N) is 1. The summed E-state index contributed by atoms with van der Waals surface area (Å²) < 4.78 is 0.858. The molecular weight excluding hydrogens is 278 g/mol. The summed E-state index contributed by atoms with van der Waals surface area (Å²) in [6.45, 7) is 0.105.